The van der Waals surface area contributed by atoms with Crippen LogP contribution in [-0.4, -0.2) is 16.2 Å². The summed E-state index contributed by atoms with van der Waals surface area (Å²) in [5, 5.41) is 10.9. The smallest absolute Gasteiger partial charge is 0.230 e. The Morgan fingerprint density at radius 2 is 1.60 bits per heavy atom. The highest BCUT2D eigenvalue weighted by Gasteiger charge is 2.26. The number of aromatic nitrogens is 2. The topological polar surface area (TPSA) is 51.0 Å². The van der Waals surface area contributed by atoms with Crippen molar-refractivity contribution in [1.82, 2.24) is 15.5 Å². The minimum absolute atomic E-state index is 0.333. The van der Waals surface area contributed by atoms with E-state index in [0.29, 0.717) is 23.9 Å². The van der Waals surface area contributed by atoms with Crippen LogP contribution in [0.3, 0.4) is 0 Å². The molecular formula is C31H35N3O. The first kappa shape index (κ1) is 22.5. The minimum atomic E-state index is 0.333. The van der Waals surface area contributed by atoms with Gasteiger partial charge in [0.05, 0.1) is 0 Å². The molecule has 180 valence electrons. The van der Waals surface area contributed by atoms with Crippen LogP contribution in [0.2, 0.25) is 0 Å². The first-order chi connectivity index (χ1) is 17.2. The molecule has 1 N–H and O–H groups in total. The third-order valence-electron chi connectivity index (χ3n) is 8.24. The van der Waals surface area contributed by atoms with Gasteiger partial charge in [0.2, 0.25) is 11.7 Å². The summed E-state index contributed by atoms with van der Waals surface area (Å²) in [6, 6.07) is 25.1. The number of hydrogen-bond acceptors (Lipinski definition) is 4. The molecule has 4 aromatic rings. The van der Waals surface area contributed by atoms with E-state index in [1.807, 2.05) is 0 Å². The van der Waals surface area contributed by atoms with Gasteiger partial charge in [0.25, 0.3) is 0 Å². The lowest BCUT2D eigenvalue weighted by atomic mass is 9.80. The van der Waals surface area contributed by atoms with Crippen LogP contribution in [-0.2, 0) is 0 Å². The third kappa shape index (κ3) is 4.77. The van der Waals surface area contributed by atoms with Crippen molar-refractivity contribution in [3.05, 3.63) is 83.7 Å². The molecule has 2 fully saturated rings. The van der Waals surface area contributed by atoms with Gasteiger partial charge in [-0.3, -0.25) is 0 Å². The molecule has 1 heterocycles. The molecule has 0 bridgehead atoms. The summed E-state index contributed by atoms with van der Waals surface area (Å²) in [6.07, 6.45) is 9.85. The van der Waals surface area contributed by atoms with E-state index >= 15 is 0 Å². The fourth-order valence-electron chi connectivity index (χ4n) is 6.31. The van der Waals surface area contributed by atoms with Gasteiger partial charge in [0, 0.05) is 23.6 Å². The second-order valence-corrected chi connectivity index (χ2v) is 10.6. The van der Waals surface area contributed by atoms with Crippen LogP contribution in [0.15, 0.2) is 71.3 Å². The van der Waals surface area contributed by atoms with E-state index in [-0.39, 0.29) is 0 Å². The third-order valence-corrected chi connectivity index (χ3v) is 8.24. The van der Waals surface area contributed by atoms with Gasteiger partial charge in [0.1, 0.15) is 0 Å². The zero-order chi connectivity index (χ0) is 23.6. The van der Waals surface area contributed by atoms with Gasteiger partial charge in [-0.1, -0.05) is 91.1 Å². The molecule has 2 saturated carbocycles. The molecule has 1 aromatic heterocycles. The molecule has 35 heavy (non-hydrogen) atoms. The van der Waals surface area contributed by atoms with Crippen LogP contribution in [0.5, 0.6) is 0 Å². The highest BCUT2D eigenvalue weighted by molar-refractivity contribution is 5.86. The number of fused-ring (bicyclic) bond motifs is 1. The van der Waals surface area contributed by atoms with Gasteiger partial charge in [-0.05, 0) is 66.8 Å². The summed E-state index contributed by atoms with van der Waals surface area (Å²) in [7, 11) is 0. The van der Waals surface area contributed by atoms with Crippen LogP contribution >= 0.6 is 0 Å². The molecule has 0 spiro atoms. The van der Waals surface area contributed by atoms with Gasteiger partial charge in [-0.15, -0.1) is 0 Å². The second kappa shape index (κ2) is 9.94. The summed E-state index contributed by atoms with van der Waals surface area (Å²) in [4.78, 5) is 4.71. The molecular weight excluding hydrogens is 430 g/mol. The van der Waals surface area contributed by atoms with Crippen molar-refractivity contribution in [3.8, 4) is 11.4 Å². The Morgan fingerprint density at radius 1 is 0.829 bits per heavy atom. The number of nitrogens with one attached hydrogen (secondary N) is 1. The Labute approximate surface area is 208 Å². The maximum atomic E-state index is 5.59. The van der Waals surface area contributed by atoms with E-state index in [0.717, 1.165) is 17.3 Å². The van der Waals surface area contributed by atoms with Crippen molar-refractivity contribution in [2.24, 2.45) is 0 Å². The summed E-state index contributed by atoms with van der Waals surface area (Å²) < 4.78 is 5.59. The van der Waals surface area contributed by atoms with E-state index in [9.17, 15) is 0 Å². The predicted octanol–water partition coefficient (Wildman–Crippen LogP) is 7.92. The Morgan fingerprint density at radius 3 is 2.46 bits per heavy atom. The molecule has 2 unspecified atom stereocenters. The maximum absolute atomic E-state index is 5.59. The second-order valence-electron chi connectivity index (χ2n) is 10.6. The average molecular weight is 466 g/mol. The largest absolute Gasteiger partial charge is 0.339 e. The van der Waals surface area contributed by atoms with E-state index in [1.165, 1.54) is 73.3 Å². The fraction of sp³-hybridized carbons (Fsp3) is 0.419. The van der Waals surface area contributed by atoms with Crippen LogP contribution < -0.4 is 5.32 Å². The van der Waals surface area contributed by atoms with Crippen molar-refractivity contribution in [2.75, 3.05) is 0 Å². The van der Waals surface area contributed by atoms with Gasteiger partial charge in [-0.25, -0.2) is 0 Å². The van der Waals surface area contributed by atoms with Crippen LogP contribution in [0, 0.1) is 0 Å². The molecule has 6 rings (SSSR count). The lowest BCUT2D eigenvalue weighted by Gasteiger charge is -2.32. The van der Waals surface area contributed by atoms with Gasteiger partial charge < -0.3 is 9.84 Å². The Hall–Kier alpha value is -2.98. The highest BCUT2D eigenvalue weighted by atomic mass is 16.5. The molecule has 0 amide bonds. The molecule has 2 aliphatic rings. The lowest BCUT2D eigenvalue weighted by molar-refractivity contribution is 0.319. The molecule has 4 nitrogen and oxygen atoms in total. The molecule has 0 radical (unpaired) electrons. The Kier molecular flexibility index (Phi) is 6.39. The molecule has 3 atom stereocenters. The minimum Gasteiger partial charge on any atom is -0.339 e. The summed E-state index contributed by atoms with van der Waals surface area (Å²) in [5.41, 5.74) is 3.88. The molecule has 2 aliphatic carbocycles. The first-order valence-corrected chi connectivity index (χ1v) is 13.4. The van der Waals surface area contributed by atoms with Crippen molar-refractivity contribution < 1.29 is 4.52 Å². The molecule has 3 aromatic carbocycles. The maximum Gasteiger partial charge on any atom is 0.230 e. The van der Waals surface area contributed by atoms with E-state index in [1.54, 1.807) is 0 Å². The zero-order valence-corrected chi connectivity index (χ0v) is 20.6. The lowest BCUT2D eigenvalue weighted by Crippen LogP contribution is -2.35. The zero-order valence-electron chi connectivity index (χ0n) is 20.6. The average Bonchev–Trinajstić information content (AvgIpc) is 3.61. The van der Waals surface area contributed by atoms with Gasteiger partial charge >= 0.3 is 0 Å². The first-order valence-electron chi connectivity index (χ1n) is 13.4. The summed E-state index contributed by atoms with van der Waals surface area (Å²) in [6.45, 7) is 2.31. The van der Waals surface area contributed by atoms with Crippen molar-refractivity contribution in [3.63, 3.8) is 0 Å². The quantitative estimate of drug-likeness (QED) is 0.314. The Bertz CT molecular complexity index is 1270. The SMILES string of the molecule is C[C@@H](NC1CCCC(c2ccc(-c3noc(C4CCCC4)n3)cc2)C1)c1cccc2ccccc12. The number of hydrogen-bond donors (Lipinski definition) is 1. The molecule has 0 saturated heterocycles. The van der Waals surface area contributed by atoms with Crippen LogP contribution in [0.25, 0.3) is 22.2 Å². The highest BCUT2D eigenvalue weighted by Crippen LogP contribution is 2.36. The fourth-order valence-corrected chi connectivity index (χ4v) is 6.31. The predicted molar refractivity (Wildman–Crippen MR) is 141 cm³/mol. The summed E-state index contributed by atoms with van der Waals surface area (Å²) >= 11 is 0. The van der Waals surface area contributed by atoms with Gasteiger partial charge in [0.15, 0.2) is 0 Å². The normalized spacial score (nSPS) is 22.0. The van der Waals surface area contributed by atoms with Gasteiger partial charge in [-0.2, -0.15) is 4.98 Å². The van der Waals surface area contributed by atoms with Crippen LogP contribution in [0.1, 0.15) is 93.2 Å². The van der Waals surface area contributed by atoms with Crippen molar-refractivity contribution >= 4 is 10.8 Å². The number of nitrogens with zero attached hydrogens (tertiary/aromatic N) is 2. The molecule has 4 heteroatoms. The standard InChI is InChI=1S/C31H35N3O/c1-21(28-15-7-11-23-8-4-5-14-29(23)28)32-27-13-6-12-26(20-27)22-16-18-24(19-17-22)30-33-31(35-34-30)25-9-2-3-10-25/h4-5,7-8,11,14-19,21,25-27,32H,2-3,6,9-10,12-13,20H2,1H3/t21-,26?,27?/m1/s1. The van der Waals surface area contributed by atoms with E-state index < -0.39 is 0 Å². The van der Waals surface area contributed by atoms with Crippen LogP contribution in [0.4, 0.5) is 0 Å². The summed E-state index contributed by atoms with van der Waals surface area (Å²) in [5.74, 6) is 2.60. The van der Waals surface area contributed by atoms with Crippen molar-refractivity contribution in [2.45, 2.75) is 82.2 Å². The van der Waals surface area contributed by atoms with Crippen molar-refractivity contribution in [1.29, 1.82) is 0 Å². The number of rotatable bonds is 6. The van der Waals surface area contributed by atoms with E-state index in [2.05, 4.69) is 84.1 Å². The number of benzene rings is 3. The molecule has 0 aliphatic heterocycles. The Balaban J connectivity index is 1.12. The van der Waals surface area contributed by atoms with E-state index in [4.69, 9.17) is 9.51 Å². The monoisotopic (exact) mass is 465 g/mol.